The molecule has 4 rings (SSSR count). The highest BCUT2D eigenvalue weighted by Gasteiger charge is 2.51. The number of aromatic nitrogens is 2. The molecule has 0 bridgehead atoms. The van der Waals surface area contributed by atoms with Crippen LogP contribution < -0.4 is 10.6 Å². The smallest absolute Gasteiger partial charge is 0.280 e. The molecule has 0 radical (unpaired) electrons. The third kappa shape index (κ3) is 3.00. The molecule has 3 atom stereocenters. The molecule has 0 spiro atoms. The van der Waals surface area contributed by atoms with E-state index in [1.165, 1.54) is 0 Å². The summed E-state index contributed by atoms with van der Waals surface area (Å²) >= 11 is 0. The van der Waals surface area contributed by atoms with Gasteiger partial charge in [0.1, 0.15) is 5.82 Å². The van der Waals surface area contributed by atoms with Crippen LogP contribution in [0.1, 0.15) is 51.0 Å². The lowest BCUT2D eigenvalue weighted by molar-refractivity contribution is 0.291. The average Bonchev–Trinajstić information content (AvgIpc) is 3.41. The summed E-state index contributed by atoms with van der Waals surface area (Å²) in [4.78, 5) is 18.4. The molecule has 146 valence electrons. The number of fused-ring (bicyclic) bond motifs is 1. The van der Waals surface area contributed by atoms with Gasteiger partial charge in [0.15, 0.2) is 0 Å². The van der Waals surface area contributed by atoms with Gasteiger partial charge >= 0.3 is 0 Å². The molecule has 1 aliphatic heterocycles. The summed E-state index contributed by atoms with van der Waals surface area (Å²) in [7, 11) is 0. The second-order valence-corrected chi connectivity index (χ2v) is 8.68. The van der Waals surface area contributed by atoms with E-state index >= 15 is 0 Å². The van der Waals surface area contributed by atoms with Gasteiger partial charge in [-0.1, -0.05) is 70.2 Å². The predicted octanol–water partition coefficient (Wildman–Crippen LogP) is 3.60. The first kappa shape index (κ1) is 18.7. The van der Waals surface area contributed by atoms with Crippen LogP contribution in [-0.4, -0.2) is 27.4 Å². The van der Waals surface area contributed by atoms with Gasteiger partial charge in [0.05, 0.1) is 29.6 Å². The summed E-state index contributed by atoms with van der Waals surface area (Å²) in [5, 5.41) is 12.6. The summed E-state index contributed by atoms with van der Waals surface area (Å²) in [6, 6.07) is 17.4. The molecule has 5 nitrogen and oxygen atoms in total. The van der Waals surface area contributed by atoms with Gasteiger partial charge in [-0.3, -0.25) is 9.80 Å². The van der Waals surface area contributed by atoms with Crippen molar-refractivity contribution >= 4 is 10.9 Å². The van der Waals surface area contributed by atoms with Gasteiger partial charge in [0.2, 0.25) is 0 Å². The Hall–Kier alpha value is -2.66. The second kappa shape index (κ2) is 6.74. The summed E-state index contributed by atoms with van der Waals surface area (Å²) < 4.78 is 1.72. The van der Waals surface area contributed by atoms with Crippen LogP contribution in [0.3, 0.4) is 0 Å². The monoisotopic (exact) mass is 377 g/mol. The van der Waals surface area contributed by atoms with Gasteiger partial charge in [-0.05, 0) is 23.1 Å². The molecular formula is C23H27N3O2. The highest BCUT2D eigenvalue weighted by Crippen LogP contribution is 2.42. The first-order chi connectivity index (χ1) is 13.3. The number of para-hydroxylation sites is 1. The fourth-order valence-corrected chi connectivity index (χ4v) is 3.78. The predicted molar refractivity (Wildman–Crippen MR) is 112 cm³/mol. The zero-order chi connectivity index (χ0) is 20.1. The Morgan fingerprint density at radius 2 is 1.71 bits per heavy atom. The van der Waals surface area contributed by atoms with Crippen LogP contribution in [0, 0.1) is 5.41 Å². The maximum Gasteiger partial charge on any atom is 0.280 e. The van der Waals surface area contributed by atoms with Gasteiger partial charge in [0.25, 0.3) is 5.56 Å². The van der Waals surface area contributed by atoms with Gasteiger partial charge in [-0.25, -0.2) is 9.66 Å². The van der Waals surface area contributed by atoms with E-state index in [-0.39, 0.29) is 35.6 Å². The van der Waals surface area contributed by atoms with Crippen LogP contribution in [0.15, 0.2) is 59.4 Å². The van der Waals surface area contributed by atoms with E-state index in [1.807, 2.05) is 59.6 Å². The molecule has 3 aromatic rings. The standard InChI is InChI=1S/C23H27N3O2/c1-15(23(2,3)4)21-24-18-13-9-8-12-17(18)22(28)26(21)25-19(14-27)20(25)16-10-6-5-7-11-16/h5-13,15,19-20,27H,14H2,1-4H3/t15-,19+,20+,25?/m0/s1. The lowest BCUT2D eigenvalue weighted by Crippen LogP contribution is -2.37. The lowest BCUT2D eigenvalue weighted by atomic mass is 9.81. The first-order valence-electron chi connectivity index (χ1n) is 9.80. The van der Waals surface area contributed by atoms with Crippen LogP contribution in [0.4, 0.5) is 0 Å². The number of hydrogen-bond acceptors (Lipinski definition) is 4. The number of aliphatic hydroxyl groups is 1. The van der Waals surface area contributed by atoms with E-state index in [0.717, 1.165) is 11.4 Å². The zero-order valence-electron chi connectivity index (χ0n) is 16.8. The molecule has 5 heteroatoms. The maximum absolute atomic E-state index is 13.5. The van der Waals surface area contributed by atoms with Crippen molar-refractivity contribution in [1.29, 1.82) is 0 Å². The molecule has 1 fully saturated rings. The van der Waals surface area contributed by atoms with Crippen LogP contribution in [0.25, 0.3) is 10.9 Å². The van der Waals surface area contributed by atoms with E-state index < -0.39 is 0 Å². The van der Waals surface area contributed by atoms with Crippen LogP contribution in [-0.2, 0) is 0 Å². The van der Waals surface area contributed by atoms with Crippen molar-refractivity contribution < 1.29 is 5.11 Å². The Bertz CT molecular complexity index is 1050. The van der Waals surface area contributed by atoms with Gasteiger partial charge in [0, 0.05) is 5.92 Å². The summed E-state index contributed by atoms with van der Waals surface area (Å²) in [5.74, 6) is 0.800. The normalized spacial score (nSPS) is 20.4. The van der Waals surface area contributed by atoms with E-state index in [0.29, 0.717) is 10.9 Å². The minimum absolute atomic E-state index is 0.0117. The van der Waals surface area contributed by atoms with E-state index in [1.54, 1.807) is 4.68 Å². The van der Waals surface area contributed by atoms with Crippen molar-refractivity contribution in [3.05, 3.63) is 76.3 Å². The van der Waals surface area contributed by atoms with Crippen LogP contribution in [0.2, 0.25) is 0 Å². The lowest BCUT2D eigenvalue weighted by Gasteiger charge is -2.29. The van der Waals surface area contributed by atoms with E-state index in [4.69, 9.17) is 4.98 Å². The van der Waals surface area contributed by atoms with Crippen LogP contribution >= 0.6 is 0 Å². The summed E-state index contributed by atoms with van der Waals surface area (Å²) in [6.07, 6.45) is 0. The van der Waals surface area contributed by atoms with Gasteiger partial charge in [-0.15, -0.1) is 0 Å². The molecule has 28 heavy (non-hydrogen) atoms. The fraction of sp³-hybridized carbons (Fsp3) is 0.391. The summed E-state index contributed by atoms with van der Waals surface area (Å²) in [5.41, 5.74) is 1.68. The number of benzene rings is 2. The molecule has 2 aromatic carbocycles. The zero-order valence-corrected chi connectivity index (χ0v) is 16.8. The molecule has 0 aliphatic carbocycles. The molecule has 0 unspecified atom stereocenters. The number of hydrogen-bond donors (Lipinski definition) is 1. The van der Waals surface area contributed by atoms with Crippen molar-refractivity contribution in [2.24, 2.45) is 5.41 Å². The Morgan fingerprint density at radius 3 is 2.36 bits per heavy atom. The molecule has 2 heterocycles. The fourth-order valence-electron chi connectivity index (χ4n) is 3.78. The first-order valence-corrected chi connectivity index (χ1v) is 9.80. The van der Waals surface area contributed by atoms with E-state index in [2.05, 4.69) is 27.7 Å². The second-order valence-electron chi connectivity index (χ2n) is 8.68. The Balaban J connectivity index is 1.93. The van der Waals surface area contributed by atoms with Crippen molar-refractivity contribution in [3.63, 3.8) is 0 Å². The van der Waals surface area contributed by atoms with Crippen molar-refractivity contribution in [3.8, 4) is 0 Å². The average molecular weight is 377 g/mol. The number of aliphatic hydroxyl groups excluding tert-OH is 1. The number of nitrogens with zero attached hydrogens (tertiary/aromatic N) is 3. The van der Waals surface area contributed by atoms with Gasteiger partial charge < -0.3 is 5.11 Å². The van der Waals surface area contributed by atoms with E-state index in [9.17, 15) is 9.90 Å². The Labute approximate surface area is 165 Å². The maximum atomic E-state index is 13.5. The third-order valence-corrected chi connectivity index (χ3v) is 5.92. The molecular weight excluding hydrogens is 350 g/mol. The van der Waals surface area contributed by atoms with Crippen molar-refractivity contribution in [1.82, 2.24) is 9.66 Å². The molecule has 0 saturated carbocycles. The minimum atomic E-state index is -0.131. The van der Waals surface area contributed by atoms with Gasteiger partial charge in [-0.2, -0.15) is 0 Å². The van der Waals surface area contributed by atoms with Crippen molar-refractivity contribution in [2.45, 2.75) is 45.7 Å². The largest absolute Gasteiger partial charge is 0.394 e. The molecule has 1 aromatic heterocycles. The Kier molecular flexibility index (Phi) is 4.50. The topological polar surface area (TPSA) is 58.1 Å². The number of rotatable bonds is 4. The molecule has 1 aliphatic rings. The highest BCUT2D eigenvalue weighted by atomic mass is 16.3. The highest BCUT2D eigenvalue weighted by molar-refractivity contribution is 5.77. The minimum Gasteiger partial charge on any atom is -0.394 e. The molecule has 0 amide bonds. The van der Waals surface area contributed by atoms with Crippen LogP contribution in [0.5, 0.6) is 0 Å². The Morgan fingerprint density at radius 1 is 1.07 bits per heavy atom. The summed E-state index contributed by atoms with van der Waals surface area (Å²) in [6.45, 7) is 8.57. The quantitative estimate of drug-likeness (QED) is 0.706. The molecule has 1 N–H and O–H groups in total. The van der Waals surface area contributed by atoms with Crippen molar-refractivity contribution in [2.75, 3.05) is 11.6 Å². The third-order valence-electron chi connectivity index (χ3n) is 5.92. The molecule has 1 saturated heterocycles. The SMILES string of the molecule is C[C@@H](c1nc2ccccc2c(=O)n1N1[C@H](CO)[C@H]1c1ccccc1)C(C)(C)C.